The molecular formula is C75H135NO8. The monoisotopic (exact) mass is 1180 g/mol. The fourth-order valence-electron chi connectivity index (χ4n) is 10.3. The van der Waals surface area contributed by atoms with Gasteiger partial charge >= 0.3 is 11.9 Å². The molecule has 0 aliphatic carbocycles. The van der Waals surface area contributed by atoms with Crippen LogP contribution in [0.15, 0.2) is 72.9 Å². The predicted molar refractivity (Wildman–Crippen MR) is 357 cm³/mol. The van der Waals surface area contributed by atoms with Gasteiger partial charge in [0.15, 0.2) is 12.4 Å². The van der Waals surface area contributed by atoms with E-state index in [1.165, 1.54) is 225 Å². The van der Waals surface area contributed by atoms with Gasteiger partial charge < -0.3 is 33.3 Å². The summed E-state index contributed by atoms with van der Waals surface area (Å²) in [4.78, 5) is 37.5. The Balaban J connectivity index is 4.07. The molecule has 0 aliphatic rings. The largest absolute Gasteiger partial charge is 0.545 e. The molecule has 9 nitrogen and oxygen atoms in total. The van der Waals surface area contributed by atoms with E-state index in [1.807, 2.05) is 21.1 Å². The molecule has 0 saturated heterocycles. The van der Waals surface area contributed by atoms with Crippen molar-refractivity contribution in [3.8, 4) is 0 Å². The number of unbranched alkanes of at least 4 members (excludes halogenated alkanes) is 39. The van der Waals surface area contributed by atoms with Crippen LogP contribution >= 0.6 is 0 Å². The van der Waals surface area contributed by atoms with Gasteiger partial charge in [-0.15, -0.1) is 0 Å². The van der Waals surface area contributed by atoms with Crippen LogP contribution in [0.1, 0.15) is 328 Å². The van der Waals surface area contributed by atoms with Crippen molar-refractivity contribution >= 4 is 17.9 Å². The van der Waals surface area contributed by atoms with E-state index in [1.54, 1.807) is 0 Å². The summed E-state index contributed by atoms with van der Waals surface area (Å²) in [6.07, 6.45) is 84.2. The summed E-state index contributed by atoms with van der Waals surface area (Å²) in [6, 6.07) is 0. The lowest BCUT2D eigenvalue weighted by Gasteiger charge is -2.26. The molecule has 488 valence electrons. The molecule has 0 rings (SSSR count). The van der Waals surface area contributed by atoms with Gasteiger partial charge in [-0.3, -0.25) is 9.59 Å². The standard InChI is InChI=1S/C75H135NO8/c1-6-8-10-12-14-16-18-20-22-24-26-28-30-32-33-34-35-36-37-38-39-40-41-42-44-46-48-50-52-54-56-58-60-62-64-66-73(78)84-71(70-83-75(74(79)80)81-68-67-76(3,4)5)69-82-72(77)65-63-61-59-57-55-53-51-49-47-45-43-31-29-27-25-23-21-19-17-15-13-11-9-7-2/h8,10,14,16,20,22,26,28,32-33,35-36,71,75H,6-7,9,11-13,15,17-19,21,23-25,27,29-31,34,37-70H2,1-5H3/b10-8-,16-14-,22-20-,28-26-,33-32-,36-35-. The number of esters is 2. The van der Waals surface area contributed by atoms with Crippen LogP contribution in [0.3, 0.4) is 0 Å². The number of ether oxygens (including phenoxy) is 4. The van der Waals surface area contributed by atoms with Crippen LogP contribution in [0.2, 0.25) is 0 Å². The number of carboxylic acids is 1. The first-order valence-electron chi connectivity index (χ1n) is 35.6. The summed E-state index contributed by atoms with van der Waals surface area (Å²) in [7, 11) is 5.94. The molecule has 0 spiro atoms. The summed E-state index contributed by atoms with van der Waals surface area (Å²) < 4.78 is 22.8. The number of allylic oxidation sites excluding steroid dienone is 12. The Morgan fingerprint density at radius 1 is 0.369 bits per heavy atom. The van der Waals surface area contributed by atoms with Gasteiger partial charge in [0.05, 0.1) is 40.3 Å². The molecule has 9 heteroatoms. The van der Waals surface area contributed by atoms with Crippen LogP contribution in [0, 0.1) is 0 Å². The lowest BCUT2D eigenvalue weighted by atomic mass is 10.0. The summed E-state index contributed by atoms with van der Waals surface area (Å²) in [5.41, 5.74) is 0. The fraction of sp³-hybridized carbons (Fsp3) is 0.800. The van der Waals surface area contributed by atoms with E-state index < -0.39 is 24.3 Å². The zero-order valence-corrected chi connectivity index (χ0v) is 55.8. The second-order valence-electron chi connectivity index (χ2n) is 25.2. The minimum atomic E-state index is -1.62. The van der Waals surface area contributed by atoms with Crippen molar-refractivity contribution in [2.24, 2.45) is 0 Å². The highest BCUT2D eigenvalue weighted by molar-refractivity contribution is 5.70. The molecule has 0 N–H and O–H groups in total. The minimum absolute atomic E-state index is 0.148. The molecule has 0 amide bonds. The Bertz CT molecular complexity index is 1610. The minimum Gasteiger partial charge on any atom is -0.545 e. The van der Waals surface area contributed by atoms with Gasteiger partial charge in [0.1, 0.15) is 13.2 Å². The number of carbonyl (C=O) groups is 3. The molecule has 0 aliphatic heterocycles. The van der Waals surface area contributed by atoms with Gasteiger partial charge in [0.25, 0.3) is 0 Å². The highest BCUT2D eigenvalue weighted by Crippen LogP contribution is 2.18. The number of rotatable bonds is 66. The van der Waals surface area contributed by atoms with Crippen molar-refractivity contribution in [3.05, 3.63) is 72.9 Å². The third-order valence-electron chi connectivity index (χ3n) is 15.7. The average Bonchev–Trinajstić information content (AvgIpc) is 3.55. The Morgan fingerprint density at radius 3 is 1.01 bits per heavy atom. The number of hydrogen-bond acceptors (Lipinski definition) is 8. The number of carboxylic acid groups (broad SMARTS) is 1. The van der Waals surface area contributed by atoms with Crippen molar-refractivity contribution < 1.29 is 42.9 Å². The van der Waals surface area contributed by atoms with Gasteiger partial charge in [0.2, 0.25) is 0 Å². The fourth-order valence-corrected chi connectivity index (χ4v) is 10.3. The summed E-state index contributed by atoms with van der Waals surface area (Å²) in [6.45, 7) is 4.69. The van der Waals surface area contributed by atoms with Crippen molar-refractivity contribution in [1.82, 2.24) is 0 Å². The maximum Gasteiger partial charge on any atom is 0.306 e. The van der Waals surface area contributed by atoms with Crippen molar-refractivity contribution in [2.45, 2.75) is 341 Å². The van der Waals surface area contributed by atoms with E-state index in [0.717, 1.165) is 70.6 Å². The van der Waals surface area contributed by atoms with E-state index in [4.69, 9.17) is 18.9 Å². The molecule has 0 radical (unpaired) electrons. The number of quaternary nitrogens is 1. The number of likely N-dealkylation sites (N-methyl/N-ethyl adjacent to an activating group) is 1. The number of aliphatic carboxylic acids is 1. The molecule has 0 bridgehead atoms. The highest BCUT2D eigenvalue weighted by atomic mass is 16.7. The Kier molecular flexibility index (Phi) is 63.1. The predicted octanol–water partition coefficient (Wildman–Crippen LogP) is 20.7. The molecule has 0 aromatic heterocycles. The van der Waals surface area contributed by atoms with Gasteiger partial charge in [0, 0.05) is 12.8 Å². The second kappa shape index (κ2) is 65.7. The van der Waals surface area contributed by atoms with E-state index in [9.17, 15) is 19.5 Å². The van der Waals surface area contributed by atoms with Crippen LogP contribution in [0.4, 0.5) is 0 Å². The van der Waals surface area contributed by atoms with E-state index in [2.05, 4.69) is 86.8 Å². The topological polar surface area (TPSA) is 111 Å². The van der Waals surface area contributed by atoms with E-state index in [0.29, 0.717) is 23.9 Å². The molecule has 0 aromatic carbocycles. The summed E-state index contributed by atoms with van der Waals surface area (Å²) in [5, 5.41) is 11.8. The molecule has 0 fully saturated rings. The number of hydrogen-bond donors (Lipinski definition) is 0. The summed E-state index contributed by atoms with van der Waals surface area (Å²) >= 11 is 0. The van der Waals surface area contributed by atoms with Gasteiger partial charge in [-0.1, -0.05) is 324 Å². The molecule has 0 heterocycles. The van der Waals surface area contributed by atoms with Crippen LogP contribution in [0.25, 0.3) is 0 Å². The molecule has 2 unspecified atom stereocenters. The van der Waals surface area contributed by atoms with Crippen LogP contribution in [-0.2, 0) is 33.3 Å². The molecule has 0 saturated carbocycles. The first-order valence-corrected chi connectivity index (χ1v) is 35.6. The zero-order chi connectivity index (χ0) is 61.2. The van der Waals surface area contributed by atoms with Gasteiger partial charge in [-0.2, -0.15) is 0 Å². The zero-order valence-electron chi connectivity index (χ0n) is 55.8. The molecule has 84 heavy (non-hydrogen) atoms. The van der Waals surface area contributed by atoms with Crippen LogP contribution in [-0.4, -0.2) is 82.3 Å². The maximum absolute atomic E-state index is 12.9. The molecular weight excluding hydrogens is 1040 g/mol. The van der Waals surface area contributed by atoms with E-state index in [-0.39, 0.29) is 32.2 Å². The van der Waals surface area contributed by atoms with Crippen molar-refractivity contribution in [1.29, 1.82) is 0 Å². The molecule has 2 atom stereocenters. The Hall–Kier alpha value is -3.27. The van der Waals surface area contributed by atoms with Crippen LogP contribution in [0.5, 0.6) is 0 Å². The quantitative estimate of drug-likeness (QED) is 0.0195. The first-order chi connectivity index (χ1) is 41.1. The second-order valence-corrected chi connectivity index (χ2v) is 25.2. The Morgan fingerprint density at radius 2 is 0.679 bits per heavy atom. The van der Waals surface area contributed by atoms with Crippen molar-refractivity contribution in [2.75, 3.05) is 47.5 Å². The average molecular weight is 1180 g/mol. The molecule has 0 aromatic rings. The lowest BCUT2D eigenvalue weighted by molar-refractivity contribution is -0.870. The highest BCUT2D eigenvalue weighted by Gasteiger charge is 2.22. The Labute approximate surface area is 519 Å². The lowest BCUT2D eigenvalue weighted by Crippen LogP contribution is -2.44. The number of carbonyl (C=O) groups excluding carboxylic acids is 3. The third-order valence-corrected chi connectivity index (χ3v) is 15.7. The van der Waals surface area contributed by atoms with Gasteiger partial charge in [-0.05, 0) is 64.2 Å². The first kappa shape index (κ1) is 80.7. The normalized spacial score (nSPS) is 13.1. The SMILES string of the molecule is CC/C=C\C/C=C\C/C=C\C/C=C\C/C=C\C/C=C\CCCCCCCCCCCCCCCCCCC(=O)OC(COC(=O)CCCCCCCCCCCCCCCCCCCCCCCCCC)COC(OCC[N+](C)(C)C)C(=O)[O-]. The smallest absolute Gasteiger partial charge is 0.306 e. The maximum atomic E-state index is 12.9. The summed E-state index contributed by atoms with van der Waals surface area (Å²) in [5.74, 6) is -2.26. The van der Waals surface area contributed by atoms with Gasteiger partial charge in [-0.25, -0.2) is 0 Å². The third kappa shape index (κ3) is 66.3. The van der Waals surface area contributed by atoms with Crippen molar-refractivity contribution in [3.63, 3.8) is 0 Å². The van der Waals surface area contributed by atoms with Crippen LogP contribution < -0.4 is 5.11 Å². The van der Waals surface area contributed by atoms with E-state index >= 15 is 0 Å². The number of nitrogens with zero attached hydrogens (tertiary/aromatic N) is 1.